The Kier molecular flexibility index (Phi) is 3.08. The van der Waals surface area contributed by atoms with Crippen LogP contribution >= 0.6 is 0 Å². The van der Waals surface area contributed by atoms with Gasteiger partial charge in [-0.1, -0.05) is 12.2 Å². The van der Waals surface area contributed by atoms with Gasteiger partial charge in [0.15, 0.2) is 5.82 Å². The molecule has 2 N–H and O–H groups in total. The highest BCUT2D eigenvalue weighted by atomic mass is 16.4. The van der Waals surface area contributed by atoms with Gasteiger partial charge in [0.1, 0.15) is 0 Å². The van der Waals surface area contributed by atoms with Crippen molar-refractivity contribution in [3.8, 4) is 0 Å². The van der Waals surface area contributed by atoms with Gasteiger partial charge in [-0.2, -0.15) is 5.10 Å². The molecule has 2 aliphatic carbocycles. The van der Waals surface area contributed by atoms with Crippen LogP contribution in [0.1, 0.15) is 13.3 Å². The summed E-state index contributed by atoms with van der Waals surface area (Å²) in [5.41, 5.74) is 0. The third kappa shape index (κ3) is 2.01. The van der Waals surface area contributed by atoms with Crippen LogP contribution in [0.3, 0.4) is 0 Å². The van der Waals surface area contributed by atoms with Crippen molar-refractivity contribution >= 4 is 17.7 Å². The number of fused-ring (bicyclic) bond motifs is 2. The van der Waals surface area contributed by atoms with Gasteiger partial charge in [0.05, 0.1) is 11.8 Å². The Morgan fingerprint density at radius 1 is 1.40 bits per heavy atom. The van der Waals surface area contributed by atoms with Gasteiger partial charge in [-0.25, -0.2) is 0 Å². The highest BCUT2D eigenvalue weighted by molar-refractivity contribution is 5.95. The molecule has 0 unspecified atom stereocenters. The zero-order chi connectivity index (χ0) is 14.3. The number of carbonyl (C=O) groups excluding carboxylic acids is 1. The van der Waals surface area contributed by atoms with Gasteiger partial charge in [-0.3, -0.25) is 14.3 Å². The molecule has 1 fully saturated rings. The summed E-state index contributed by atoms with van der Waals surface area (Å²) in [6.45, 7) is 2.68. The molecule has 0 radical (unpaired) electrons. The Morgan fingerprint density at radius 2 is 2.10 bits per heavy atom. The number of amides is 1. The largest absolute Gasteiger partial charge is 0.481 e. The SMILES string of the molecule is CCn1ccc(NC(=O)[C@H]2[C@H](C(=O)O)[C@H]3C=C[C@H]2C3)n1. The lowest BCUT2D eigenvalue weighted by molar-refractivity contribution is -0.146. The second-order valence-corrected chi connectivity index (χ2v) is 5.38. The van der Waals surface area contributed by atoms with Gasteiger partial charge in [0.2, 0.25) is 5.91 Å². The standard InChI is InChI=1S/C14H17N3O3/c1-2-17-6-5-10(16-17)15-13(18)11-8-3-4-9(7-8)12(11)14(19)20/h3-6,8-9,11-12H,2,7H2,1H3,(H,19,20)(H,15,16,18)/t8-,9-,11+,12+/m0/s1. The van der Waals surface area contributed by atoms with Gasteiger partial charge in [-0.15, -0.1) is 0 Å². The van der Waals surface area contributed by atoms with Crippen LogP contribution in [0.4, 0.5) is 5.82 Å². The molecule has 0 saturated heterocycles. The molecule has 4 atom stereocenters. The van der Waals surface area contributed by atoms with Crippen molar-refractivity contribution in [2.75, 3.05) is 5.32 Å². The monoisotopic (exact) mass is 275 g/mol. The predicted octanol–water partition coefficient (Wildman–Crippen LogP) is 1.36. The van der Waals surface area contributed by atoms with E-state index < -0.39 is 17.8 Å². The molecule has 1 amide bonds. The number of anilines is 1. The third-order valence-electron chi connectivity index (χ3n) is 4.26. The maximum Gasteiger partial charge on any atom is 0.307 e. The van der Waals surface area contributed by atoms with Crippen LogP contribution in [-0.2, 0) is 16.1 Å². The average molecular weight is 275 g/mol. The number of carbonyl (C=O) groups is 2. The van der Waals surface area contributed by atoms with Gasteiger partial charge in [-0.05, 0) is 25.2 Å². The van der Waals surface area contributed by atoms with Crippen molar-refractivity contribution in [1.82, 2.24) is 9.78 Å². The molecule has 2 aliphatic rings. The van der Waals surface area contributed by atoms with Crippen molar-refractivity contribution in [2.45, 2.75) is 19.9 Å². The number of nitrogens with one attached hydrogen (secondary N) is 1. The van der Waals surface area contributed by atoms with E-state index >= 15 is 0 Å². The summed E-state index contributed by atoms with van der Waals surface area (Å²) in [6.07, 6.45) is 6.45. The van der Waals surface area contributed by atoms with Crippen molar-refractivity contribution in [2.24, 2.45) is 23.7 Å². The van der Waals surface area contributed by atoms with Crippen LogP contribution in [-0.4, -0.2) is 26.8 Å². The molecule has 1 heterocycles. The number of rotatable bonds is 4. The summed E-state index contributed by atoms with van der Waals surface area (Å²) >= 11 is 0. The molecule has 0 aromatic carbocycles. The van der Waals surface area contributed by atoms with E-state index in [4.69, 9.17) is 0 Å². The first-order valence-corrected chi connectivity index (χ1v) is 6.85. The number of aromatic nitrogens is 2. The summed E-state index contributed by atoms with van der Waals surface area (Å²) in [6, 6.07) is 1.72. The number of aryl methyl sites for hydroxylation is 1. The minimum absolute atomic E-state index is 0.0125. The molecule has 1 aromatic rings. The van der Waals surface area contributed by atoms with E-state index in [9.17, 15) is 14.7 Å². The van der Waals surface area contributed by atoms with Crippen molar-refractivity contribution < 1.29 is 14.7 Å². The molecule has 106 valence electrons. The molecule has 6 nitrogen and oxygen atoms in total. The third-order valence-corrected chi connectivity index (χ3v) is 4.26. The fraction of sp³-hybridized carbons (Fsp3) is 0.500. The molecular formula is C14H17N3O3. The van der Waals surface area contributed by atoms with Gasteiger partial charge >= 0.3 is 5.97 Å². The summed E-state index contributed by atoms with van der Waals surface area (Å²) in [5.74, 6) is -1.73. The second-order valence-electron chi connectivity index (χ2n) is 5.38. The highest BCUT2D eigenvalue weighted by Crippen LogP contribution is 2.48. The van der Waals surface area contributed by atoms with Gasteiger partial charge in [0, 0.05) is 18.8 Å². The molecule has 3 rings (SSSR count). The second kappa shape index (κ2) is 4.77. The Morgan fingerprint density at radius 3 is 2.70 bits per heavy atom. The fourth-order valence-electron chi connectivity index (χ4n) is 3.33. The van der Waals surface area contributed by atoms with E-state index in [0.717, 1.165) is 13.0 Å². The van der Waals surface area contributed by atoms with E-state index in [2.05, 4.69) is 10.4 Å². The van der Waals surface area contributed by atoms with E-state index in [1.54, 1.807) is 16.9 Å². The maximum absolute atomic E-state index is 12.4. The Labute approximate surface area is 116 Å². The molecule has 0 spiro atoms. The summed E-state index contributed by atoms with van der Waals surface area (Å²) < 4.78 is 1.71. The first-order valence-electron chi connectivity index (χ1n) is 6.85. The number of nitrogens with zero attached hydrogens (tertiary/aromatic N) is 2. The quantitative estimate of drug-likeness (QED) is 0.813. The summed E-state index contributed by atoms with van der Waals surface area (Å²) in [5, 5.41) is 16.3. The van der Waals surface area contributed by atoms with Crippen LogP contribution in [0.5, 0.6) is 0 Å². The number of hydrogen-bond acceptors (Lipinski definition) is 3. The zero-order valence-corrected chi connectivity index (χ0v) is 11.2. The first kappa shape index (κ1) is 12.9. The molecule has 6 heteroatoms. The zero-order valence-electron chi connectivity index (χ0n) is 11.2. The minimum Gasteiger partial charge on any atom is -0.481 e. The van der Waals surface area contributed by atoms with E-state index in [-0.39, 0.29) is 17.7 Å². The van der Waals surface area contributed by atoms with E-state index in [1.807, 2.05) is 19.1 Å². The molecule has 1 saturated carbocycles. The van der Waals surface area contributed by atoms with Gasteiger partial charge < -0.3 is 10.4 Å². The normalized spacial score (nSPS) is 30.6. The molecule has 0 aliphatic heterocycles. The van der Waals surface area contributed by atoms with Crippen LogP contribution in [0.25, 0.3) is 0 Å². The van der Waals surface area contributed by atoms with Crippen LogP contribution in [0.15, 0.2) is 24.4 Å². The maximum atomic E-state index is 12.4. The van der Waals surface area contributed by atoms with Crippen LogP contribution in [0.2, 0.25) is 0 Å². The molecule has 2 bridgehead atoms. The van der Waals surface area contributed by atoms with Crippen LogP contribution in [0, 0.1) is 23.7 Å². The molecule has 1 aromatic heterocycles. The van der Waals surface area contributed by atoms with Crippen LogP contribution < -0.4 is 5.32 Å². The number of hydrogen-bond donors (Lipinski definition) is 2. The van der Waals surface area contributed by atoms with Crippen molar-refractivity contribution in [1.29, 1.82) is 0 Å². The lowest BCUT2D eigenvalue weighted by atomic mass is 9.82. The number of carboxylic acid groups (broad SMARTS) is 1. The predicted molar refractivity (Wildman–Crippen MR) is 71.9 cm³/mol. The summed E-state index contributed by atoms with van der Waals surface area (Å²) in [7, 11) is 0. The fourth-order valence-corrected chi connectivity index (χ4v) is 3.33. The number of carboxylic acids is 1. The molecule has 20 heavy (non-hydrogen) atoms. The Balaban J connectivity index is 1.76. The van der Waals surface area contributed by atoms with Gasteiger partial charge in [0.25, 0.3) is 0 Å². The lowest BCUT2D eigenvalue weighted by Crippen LogP contribution is -2.36. The molecular weight excluding hydrogens is 258 g/mol. The number of allylic oxidation sites excluding steroid dienone is 2. The number of aliphatic carboxylic acids is 1. The topological polar surface area (TPSA) is 84.2 Å². The minimum atomic E-state index is -0.888. The first-order chi connectivity index (χ1) is 9.60. The summed E-state index contributed by atoms with van der Waals surface area (Å²) in [4.78, 5) is 23.7. The smallest absolute Gasteiger partial charge is 0.307 e. The van der Waals surface area contributed by atoms with Crippen molar-refractivity contribution in [3.05, 3.63) is 24.4 Å². The van der Waals surface area contributed by atoms with E-state index in [1.165, 1.54) is 0 Å². The van der Waals surface area contributed by atoms with E-state index in [0.29, 0.717) is 5.82 Å². The average Bonchev–Trinajstić information content (AvgIpc) is 3.12. The van der Waals surface area contributed by atoms with Crippen molar-refractivity contribution in [3.63, 3.8) is 0 Å². The Bertz CT molecular complexity index is 578. The highest BCUT2D eigenvalue weighted by Gasteiger charge is 2.51. The Hall–Kier alpha value is -2.11. The lowest BCUT2D eigenvalue weighted by Gasteiger charge is -2.23.